The van der Waals surface area contributed by atoms with E-state index in [0.29, 0.717) is 5.82 Å². The van der Waals surface area contributed by atoms with Crippen LogP contribution in [0.4, 0.5) is 0 Å². The van der Waals surface area contributed by atoms with Crippen LogP contribution < -0.4 is 0 Å². The molecule has 0 amide bonds. The molecule has 3 heteroatoms. The van der Waals surface area contributed by atoms with Crippen molar-refractivity contribution in [2.75, 3.05) is 0 Å². The Bertz CT molecular complexity index is 193. The molecule has 0 fully saturated rings. The second-order valence-corrected chi connectivity index (χ2v) is 2.07. The van der Waals surface area contributed by atoms with Crippen LogP contribution in [-0.4, -0.2) is 14.7 Å². The number of aliphatic hydroxyl groups is 1. The smallest absolute Gasteiger partial charge is 0.137 e. The van der Waals surface area contributed by atoms with E-state index in [1.807, 2.05) is 13.2 Å². The molecule has 0 saturated carbocycles. The minimum absolute atomic E-state index is 0.468. The van der Waals surface area contributed by atoms with Gasteiger partial charge >= 0.3 is 0 Å². The molecule has 3 nitrogen and oxygen atoms in total. The van der Waals surface area contributed by atoms with Gasteiger partial charge in [0.1, 0.15) is 11.9 Å². The third-order valence-corrected chi connectivity index (χ3v) is 1.23. The molecule has 1 rings (SSSR count). The Kier molecular flexibility index (Phi) is 1.53. The van der Waals surface area contributed by atoms with E-state index in [1.165, 1.54) is 0 Å². The molecule has 1 atom stereocenters. The molecule has 0 aliphatic heterocycles. The average Bonchev–Trinajstić information content (AvgIpc) is 2.13. The van der Waals surface area contributed by atoms with Crippen LogP contribution in [0.5, 0.6) is 0 Å². The van der Waals surface area contributed by atoms with Crippen molar-refractivity contribution in [1.29, 1.82) is 0 Å². The van der Waals surface area contributed by atoms with Crippen molar-refractivity contribution in [3.05, 3.63) is 18.2 Å². The van der Waals surface area contributed by atoms with Gasteiger partial charge in [0.05, 0.1) is 0 Å². The van der Waals surface area contributed by atoms with Gasteiger partial charge in [0.2, 0.25) is 0 Å². The first-order valence-electron chi connectivity index (χ1n) is 2.87. The van der Waals surface area contributed by atoms with E-state index in [0.717, 1.165) is 0 Å². The zero-order valence-corrected chi connectivity index (χ0v) is 5.57. The topological polar surface area (TPSA) is 38.1 Å². The van der Waals surface area contributed by atoms with Crippen LogP contribution in [0, 0.1) is 0 Å². The molecule has 0 aromatic carbocycles. The van der Waals surface area contributed by atoms with Gasteiger partial charge in [-0.05, 0) is 6.92 Å². The number of nitrogens with zero attached hydrogens (tertiary/aromatic N) is 2. The van der Waals surface area contributed by atoms with Gasteiger partial charge in [0.25, 0.3) is 0 Å². The first kappa shape index (κ1) is 6.29. The maximum atomic E-state index is 9.01. The van der Waals surface area contributed by atoms with Gasteiger partial charge in [0.15, 0.2) is 0 Å². The summed E-state index contributed by atoms with van der Waals surface area (Å²) in [4.78, 5) is 3.93. The number of rotatable bonds is 1. The van der Waals surface area contributed by atoms with Crippen LogP contribution in [0.3, 0.4) is 0 Å². The molecule has 0 aliphatic carbocycles. The van der Waals surface area contributed by atoms with Crippen molar-refractivity contribution in [2.45, 2.75) is 13.0 Å². The molecule has 0 aliphatic rings. The molecule has 0 spiro atoms. The van der Waals surface area contributed by atoms with Crippen molar-refractivity contribution in [2.24, 2.45) is 7.05 Å². The lowest BCUT2D eigenvalue weighted by atomic mass is 10.4. The van der Waals surface area contributed by atoms with Crippen LogP contribution in [0.2, 0.25) is 0 Å². The molecule has 1 heterocycles. The number of aromatic nitrogens is 2. The average molecular weight is 126 g/mol. The summed E-state index contributed by atoms with van der Waals surface area (Å²) >= 11 is 0. The van der Waals surface area contributed by atoms with E-state index in [-0.39, 0.29) is 0 Å². The van der Waals surface area contributed by atoms with E-state index < -0.39 is 6.10 Å². The van der Waals surface area contributed by atoms with E-state index in [9.17, 15) is 0 Å². The van der Waals surface area contributed by atoms with Crippen molar-refractivity contribution in [3.8, 4) is 0 Å². The first-order chi connectivity index (χ1) is 4.22. The van der Waals surface area contributed by atoms with Crippen LogP contribution in [0.25, 0.3) is 0 Å². The van der Waals surface area contributed by atoms with Gasteiger partial charge in [-0.2, -0.15) is 0 Å². The second-order valence-electron chi connectivity index (χ2n) is 2.07. The number of hydrogen-bond donors (Lipinski definition) is 1. The summed E-state index contributed by atoms with van der Waals surface area (Å²) in [7, 11) is 1.86. The van der Waals surface area contributed by atoms with Gasteiger partial charge in [-0.15, -0.1) is 0 Å². The fourth-order valence-electron chi connectivity index (χ4n) is 0.780. The van der Waals surface area contributed by atoms with Gasteiger partial charge < -0.3 is 9.67 Å². The molecular formula is C6H10N2O. The monoisotopic (exact) mass is 126 g/mol. The SMILES string of the molecule is C[C@@H](O)c1nccn1C. The van der Waals surface area contributed by atoms with Crippen LogP contribution in [0.1, 0.15) is 18.9 Å². The molecule has 1 aromatic rings. The quantitative estimate of drug-likeness (QED) is 0.594. The Morgan fingerprint density at radius 1 is 1.78 bits per heavy atom. The zero-order valence-electron chi connectivity index (χ0n) is 5.57. The minimum atomic E-state index is -0.468. The Morgan fingerprint density at radius 2 is 2.44 bits per heavy atom. The summed E-state index contributed by atoms with van der Waals surface area (Å²) in [5.41, 5.74) is 0. The summed E-state index contributed by atoms with van der Waals surface area (Å²) in [5, 5.41) is 9.01. The third-order valence-electron chi connectivity index (χ3n) is 1.23. The Balaban J connectivity index is 2.94. The summed E-state index contributed by atoms with van der Waals surface area (Å²) in [6.07, 6.45) is 3.01. The minimum Gasteiger partial charge on any atom is -0.385 e. The molecular weight excluding hydrogens is 116 g/mol. The van der Waals surface area contributed by atoms with Gasteiger partial charge in [-0.25, -0.2) is 4.98 Å². The Hall–Kier alpha value is -0.830. The maximum Gasteiger partial charge on any atom is 0.137 e. The molecule has 1 N–H and O–H groups in total. The molecule has 0 saturated heterocycles. The lowest BCUT2D eigenvalue weighted by Crippen LogP contribution is -2.00. The summed E-state index contributed by atoms with van der Waals surface area (Å²) in [6, 6.07) is 0. The highest BCUT2D eigenvalue weighted by Gasteiger charge is 2.03. The summed E-state index contributed by atoms with van der Waals surface area (Å²) in [6.45, 7) is 1.70. The molecule has 9 heavy (non-hydrogen) atoms. The fourth-order valence-corrected chi connectivity index (χ4v) is 0.780. The van der Waals surface area contributed by atoms with Crippen LogP contribution in [-0.2, 0) is 7.05 Å². The zero-order chi connectivity index (χ0) is 6.85. The molecule has 0 unspecified atom stereocenters. The highest BCUT2D eigenvalue weighted by atomic mass is 16.3. The third kappa shape index (κ3) is 1.10. The summed E-state index contributed by atoms with van der Waals surface area (Å²) in [5.74, 6) is 0.704. The van der Waals surface area contributed by atoms with Crippen molar-refractivity contribution < 1.29 is 5.11 Å². The van der Waals surface area contributed by atoms with E-state index >= 15 is 0 Å². The second kappa shape index (κ2) is 2.19. The van der Waals surface area contributed by atoms with Gasteiger partial charge in [-0.1, -0.05) is 0 Å². The number of hydrogen-bond acceptors (Lipinski definition) is 2. The Morgan fingerprint density at radius 3 is 2.67 bits per heavy atom. The van der Waals surface area contributed by atoms with E-state index in [2.05, 4.69) is 4.98 Å². The van der Waals surface area contributed by atoms with Crippen LogP contribution >= 0.6 is 0 Å². The van der Waals surface area contributed by atoms with Gasteiger partial charge in [0, 0.05) is 19.4 Å². The lowest BCUT2D eigenvalue weighted by Gasteiger charge is -2.01. The standard InChI is InChI=1S/C6H10N2O/c1-5(9)6-7-3-4-8(6)2/h3-5,9H,1-2H3/t5-/m1/s1. The maximum absolute atomic E-state index is 9.01. The van der Waals surface area contributed by atoms with E-state index in [4.69, 9.17) is 5.11 Å². The lowest BCUT2D eigenvalue weighted by molar-refractivity contribution is 0.185. The molecule has 50 valence electrons. The first-order valence-corrected chi connectivity index (χ1v) is 2.87. The van der Waals surface area contributed by atoms with Crippen molar-refractivity contribution in [3.63, 3.8) is 0 Å². The predicted molar refractivity (Wildman–Crippen MR) is 33.8 cm³/mol. The number of aryl methyl sites for hydroxylation is 1. The number of aliphatic hydroxyl groups excluding tert-OH is 1. The predicted octanol–water partition coefficient (Wildman–Crippen LogP) is 0.473. The molecule has 1 aromatic heterocycles. The fraction of sp³-hybridized carbons (Fsp3) is 0.500. The Labute approximate surface area is 54.0 Å². The highest BCUT2D eigenvalue weighted by Crippen LogP contribution is 2.05. The van der Waals surface area contributed by atoms with Gasteiger partial charge in [-0.3, -0.25) is 0 Å². The van der Waals surface area contributed by atoms with Crippen molar-refractivity contribution >= 4 is 0 Å². The molecule has 0 bridgehead atoms. The van der Waals surface area contributed by atoms with E-state index in [1.54, 1.807) is 17.7 Å². The van der Waals surface area contributed by atoms with Crippen LogP contribution in [0.15, 0.2) is 12.4 Å². The largest absolute Gasteiger partial charge is 0.385 e. The normalized spacial score (nSPS) is 13.7. The summed E-state index contributed by atoms with van der Waals surface area (Å²) < 4.78 is 1.80. The highest BCUT2D eigenvalue weighted by molar-refractivity contribution is 4.93. The number of imidazole rings is 1. The molecule has 0 radical (unpaired) electrons. The van der Waals surface area contributed by atoms with Crippen molar-refractivity contribution in [1.82, 2.24) is 9.55 Å².